The van der Waals surface area contributed by atoms with E-state index in [-0.39, 0.29) is 34.1 Å². The molecule has 1 heterocycles. The van der Waals surface area contributed by atoms with E-state index in [1.807, 2.05) is 0 Å². The molecule has 3 N–H and O–H groups in total. The summed E-state index contributed by atoms with van der Waals surface area (Å²) >= 11 is 11.1. The van der Waals surface area contributed by atoms with Crippen LogP contribution in [-0.2, 0) is 10.0 Å². The Morgan fingerprint density at radius 3 is 2.59 bits per heavy atom. The number of hydrogen-bond acceptors (Lipinski definition) is 7. The molecule has 34 heavy (non-hydrogen) atoms. The fourth-order valence-electron chi connectivity index (χ4n) is 3.59. The number of sulfonamides is 1. The average Bonchev–Trinajstić information content (AvgIpc) is 2.81. The SMILES string of the molecule is CCNC(=S)NS(=O)(=O)c1cc2c(cc1OC)OCCC2CNC(=O)c1cc(Cl)ccc1OC. The van der Waals surface area contributed by atoms with Crippen molar-refractivity contribution in [1.29, 1.82) is 0 Å². The Hall–Kier alpha value is -2.76. The molecule has 2 aromatic carbocycles. The van der Waals surface area contributed by atoms with Crippen molar-refractivity contribution >= 4 is 44.9 Å². The van der Waals surface area contributed by atoms with Crippen LogP contribution in [-0.4, -0.2) is 53.4 Å². The summed E-state index contributed by atoms with van der Waals surface area (Å²) in [5, 5.41) is 6.03. The van der Waals surface area contributed by atoms with Gasteiger partial charge >= 0.3 is 0 Å². The Morgan fingerprint density at radius 1 is 1.18 bits per heavy atom. The summed E-state index contributed by atoms with van der Waals surface area (Å²) in [6, 6.07) is 7.82. The van der Waals surface area contributed by atoms with Gasteiger partial charge in [0.05, 0.1) is 26.4 Å². The molecule has 184 valence electrons. The zero-order valence-electron chi connectivity index (χ0n) is 18.9. The Balaban J connectivity index is 1.88. The van der Waals surface area contributed by atoms with Crippen LogP contribution in [0, 0.1) is 0 Å². The molecule has 1 unspecified atom stereocenters. The van der Waals surface area contributed by atoms with Crippen LogP contribution in [0.1, 0.15) is 35.2 Å². The molecule has 0 bridgehead atoms. The molecule has 9 nitrogen and oxygen atoms in total. The van der Waals surface area contributed by atoms with E-state index < -0.39 is 10.0 Å². The molecule has 0 fully saturated rings. The molecule has 12 heteroatoms. The van der Waals surface area contributed by atoms with Gasteiger partial charge in [0.15, 0.2) is 5.11 Å². The highest BCUT2D eigenvalue weighted by Crippen LogP contribution is 2.40. The minimum atomic E-state index is -4.02. The fourth-order valence-corrected chi connectivity index (χ4v) is 5.35. The number of carbonyl (C=O) groups is 1. The van der Waals surface area contributed by atoms with E-state index in [1.54, 1.807) is 19.1 Å². The minimum Gasteiger partial charge on any atom is -0.496 e. The molecule has 2 aromatic rings. The van der Waals surface area contributed by atoms with Gasteiger partial charge in [-0.3, -0.25) is 9.52 Å². The first-order valence-electron chi connectivity index (χ1n) is 10.5. The monoisotopic (exact) mass is 527 g/mol. The standard InChI is InChI=1S/C22H26ClN3O6S2/c1-4-24-22(33)26-34(28,29)20-10-15-13(7-8-32-18(15)11-19(20)31-3)12-25-21(27)16-9-14(23)5-6-17(16)30-2/h5-6,9-11,13H,4,7-8,12H2,1-3H3,(H,25,27)(H2,24,26,33). The summed E-state index contributed by atoms with van der Waals surface area (Å²) in [7, 11) is -1.17. The van der Waals surface area contributed by atoms with Crippen LogP contribution >= 0.6 is 23.8 Å². The van der Waals surface area contributed by atoms with E-state index in [1.165, 1.54) is 32.4 Å². The van der Waals surface area contributed by atoms with Gasteiger partial charge in [0, 0.05) is 35.7 Å². The molecule has 0 radical (unpaired) electrons. The normalized spacial score (nSPS) is 14.9. The predicted octanol–water partition coefficient (Wildman–Crippen LogP) is 2.83. The number of thiocarbonyl (C=S) groups is 1. The zero-order chi connectivity index (χ0) is 24.9. The van der Waals surface area contributed by atoms with Gasteiger partial charge in [0.1, 0.15) is 22.1 Å². The van der Waals surface area contributed by atoms with Crippen molar-refractivity contribution < 1.29 is 27.4 Å². The maximum atomic E-state index is 13.0. The largest absolute Gasteiger partial charge is 0.496 e. The van der Waals surface area contributed by atoms with Gasteiger partial charge in [0.25, 0.3) is 15.9 Å². The summed E-state index contributed by atoms with van der Waals surface area (Å²) < 4.78 is 44.6. The van der Waals surface area contributed by atoms with Gasteiger partial charge in [0.2, 0.25) is 0 Å². The lowest BCUT2D eigenvalue weighted by Gasteiger charge is -2.27. The lowest BCUT2D eigenvalue weighted by molar-refractivity contribution is 0.0945. The van der Waals surface area contributed by atoms with E-state index in [0.29, 0.717) is 47.2 Å². The predicted molar refractivity (Wildman–Crippen MR) is 133 cm³/mol. The Morgan fingerprint density at radius 2 is 1.91 bits per heavy atom. The molecule has 1 amide bonds. The molecule has 1 aliphatic heterocycles. The third-order valence-corrected chi connectivity index (χ3v) is 7.21. The lowest BCUT2D eigenvalue weighted by atomic mass is 9.92. The van der Waals surface area contributed by atoms with E-state index >= 15 is 0 Å². The van der Waals surface area contributed by atoms with Crippen molar-refractivity contribution in [1.82, 2.24) is 15.4 Å². The molecule has 1 atom stereocenters. The van der Waals surface area contributed by atoms with Crippen LogP contribution in [0.15, 0.2) is 35.2 Å². The summed E-state index contributed by atoms with van der Waals surface area (Å²) in [5.41, 5.74) is 0.946. The molecule has 0 saturated heterocycles. The third-order valence-electron chi connectivity index (χ3n) is 5.23. The molecular weight excluding hydrogens is 502 g/mol. The van der Waals surface area contributed by atoms with Crippen LogP contribution in [0.5, 0.6) is 17.2 Å². The van der Waals surface area contributed by atoms with Crippen LogP contribution in [0.3, 0.4) is 0 Å². The summed E-state index contributed by atoms with van der Waals surface area (Å²) in [6.45, 7) is 2.93. The molecule has 0 aliphatic carbocycles. The third kappa shape index (κ3) is 5.83. The lowest BCUT2D eigenvalue weighted by Crippen LogP contribution is -2.39. The van der Waals surface area contributed by atoms with Crippen molar-refractivity contribution in [2.75, 3.05) is 33.9 Å². The van der Waals surface area contributed by atoms with Gasteiger partial charge in [-0.1, -0.05) is 11.6 Å². The fraction of sp³-hybridized carbons (Fsp3) is 0.364. The topological polar surface area (TPSA) is 115 Å². The second-order valence-electron chi connectivity index (χ2n) is 7.39. The number of carbonyl (C=O) groups excluding carboxylic acids is 1. The average molecular weight is 528 g/mol. The zero-order valence-corrected chi connectivity index (χ0v) is 21.3. The number of halogens is 1. The van der Waals surface area contributed by atoms with E-state index in [4.69, 9.17) is 38.0 Å². The van der Waals surface area contributed by atoms with Crippen molar-refractivity contribution in [2.45, 2.75) is 24.2 Å². The number of ether oxygens (including phenoxy) is 3. The number of hydrogen-bond donors (Lipinski definition) is 3. The highest BCUT2D eigenvalue weighted by atomic mass is 35.5. The number of rotatable bonds is 8. The Kier molecular flexibility index (Phi) is 8.45. The number of methoxy groups -OCH3 is 2. The van der Waals surface area contributed by atoms with E-state index in [9.17, 15) is 13.2 Å². The summed E-state index contributed by atoms with van der Waals surface area (Å²) in [5.74, 6) is 0.467. The van der Waals surface area contributed by atoms with Crippen LogP contribution in [0.4, 0.5) is 0 Å². The molecular formula is C22H26ClN3O6S2. The van der Waals surface area contributed by atoms with Crippen LogP contribution in [0.2, 0.25) is 5.02 Å². The van der Waals surface area contributed by atoms with Crippen molar-refractivity contribution in [3.8, 4) is 17.2 Å². The van der Waals surface area contributed by atoms with Gasteiger partial charge in [-0.15, -0.1) is 0 Å². The highest BCUT2D eigenvalue weighted by molar-refractivity contribution is 7.92. The van der Waals surface area contributed by atoms with Crippen molar-refractivity contribution in [3.05, 3.63) is 46.5 Å². The highest BCUT2D eigenvalue weighted by Gasteiger charge is 2.29. The number of fused-ring (bicyclic) bond motifs is 1. The molecule has 3 rings (SSSR count). The summed E-state index contributed by atoms with van der Waals surface area (Å²) in [4.78, 5) is 12.7. The second kappa shape index (κ2) is 11.1. The van der Waals surface area contributed by atoms with Crippen molar-refractivity contribution in [2.24, 2.45) is 0 Å². The Labute approximate surface area is 209 Å². The van der Waals surface area contributed by atoms with E-state index in [2.05, 4.69) is 15.4 Å². The smallest absolute Gasteiger partial charge is 0.267 e. The number of benzene rings is 2. The van der Waals surface area contributed by atoms with Crippen LogP contribution in [0.25, 0.3) is 0 Å². The summed E-state index contributed by atoms with van der Waals surface area (Å²) in [6.07, 6.45) is 0.578. The van der Waals surface area contributed by atoms with Gasteiger partial charge in [-0.2, -0.15) is 0 Å². The molecule has 0 aromatic heterocycles. The van der Waals surface area contributed by atoms with Gasteiger partial charge < -0.3 is 24.8 Å². The molecule has 0 spiro atoms. The first-order valence-corrected chi connectivity index (χ1v) is 12.7. The molecule has 1 aliphatic rings. The van der Waals surface area contributed by atoms with Gasteiger partial charge in [-0.05, 0) is 49.8 Å². The number of nitrogens with one attached hydrogen (secondary N) is 3. The van der Waals surface area contributed by atoms with Crippen molar-refractivity contribution in [3.63, 3.8) is 0 Å². The Bertz CT molecular complexity index is 1190. The second-order valence-corrected chi connectivity index (χ2v) is 9.89. The molecule has 0 saturated carbocycles. The van der Waals surface area contributed by atoms with Gasteiger partial charge in [-0.25, -0.2) is 8.42 Å². The number of amides is 1. The first kappa shape index (κ1) is 25.9. The maximum Gasteiger partial charge on any atom is 0.267 e. The first-order chi connectivity index (χ1) is 16.2. The van der Waals surface area contributed by atoms with E-state index in [0.717, 1.165) is 0 Å². The maximum absolute atomic E-state index is 13.0. The van der Waals surface area contributed by atoms with Crippen LogP contribution < -0.4 is 29.6 Å². The quantitative estimate of drug-likeness (QED) is 0.449. The minimum absolute atomic E-state index is 0.0159.